The number of aliphatic hydroxyl groups excluding tert-OH is 5. The van der Waals surface area contributed by atoms with Gasteiger partial charge in [-0.2, -0.15) is 0 Å². The first-order chi connectivity index (χ1) is 14.8. The largest absolute Gasteiger partial charge is 0.507 e. The molecule has 1 saturated heterocycles. The molecule has 10 nitrogen and oxygen atoms in total. The maximum atomic E-state index is 12.7. The van der Waals surface area contributed by atoms with Gasteiger partial charge in [-0.25, -0.2) is 0 Å². The smallest absolute Gasteiger partial charge is 0.229 e. The predicted octanol–water partition coefficient (Wildman–Crippen LogP) is -0.752. The molecule has 0 unspecified atom stereocenters. The molecule has 4 rings (SSSR count). The molecule has 6 N–H and O–H groups in total. The van der Waals surface area contributed by atoms with E-state index >= 15 is 0 Å². The van der Waals surface area contributed by atoms with Gasteiger partial charge in [-0.1, -0.05) is 30.3 Å². The third-order valence-electron chi connectivity index (χ3n) is 5.34. The summed E-state index contributed by atoms with van der Waals surface area (Å²) in [6.45, 7) is -0.630. The van der Waals surface area contributed by atoms with E-state index in [-0.39, 0.29) is 17.1 Å². The quantitative estimate of drug-likeness (QED) is 0.360. The number of carbonyl (C=O) groups is 1. The van der Waals surface area contributed by atoms with Crippen molar-refractivity contribution in [1.82, 2.24) is 0 Å². The number of hydrogen-bond donors (Lipinski definition) is 6. The average Bonchev–Trinajstić information content (AvgIpc) is 2.77. The van der Waals surface area contributed by atoms with Gasteiger partial charge in [0.05, 0.1) is 6.61 Å². The van der Waals surface area contributed by atoms with Gasteiger partial charge in [0.25, 0.3) is 0 Å². The Morgan fingerprint density at radius 2 is 1.68 bits per heavy atom. The van der Waals surface area contributed by atoms with Crippen molar-refractivity contribution in [2.24, 2.45) is 0 Å². The van der Waals surface area contributed by atoms with Crippen molar-refractivity contribution in [1.29, 1.82) is 0 Å². The molecule has 0 spiro atoms. The minimum atomic E-state index is -1.66. The Balaban J connectivity index is 1.63. The molecule has 10 heteroatoms. The number of hydrogen-bond acceptors (Lipinski definition) is 10. The first-order valence-corrected chi connectivity index (χ1v) is 9.60. The van der Waals surface area contributed by atoms with Crippen LogP contribution in [-0.2, 0) is 4.74 Å². The lowest BCUT2D eigenvalue weighted by Gasteiger charge is -2.39. The van der Waals surface area contributed by atoms with E-state index in [1.807, 2.05) is 0 Å². The highest BCUT2D eigenvalue weighted by Gasteiger charge is 2.45. The third kappa shape index (κ3) is 3.85. The van der Waals surface area contributed by atoms with Crippen LogP contribution >= 0.6 is 0 Å². The zero-order valence-corrected chi connectivity index (χ0v) is 16.1. The van der Waals surface area contributed by atoms with Crippen LogP contribution in [0.4, 0.5) is 0 Å². The van der Waals surface area contributed by atoms with Gasteiger partial charge in [0.15, 0.2) is 12.2 Å². The summed E-state index contributed by atoms with van der Waals surface area (Å²) in [5, 5.41) is 59.9. The van der Waals surface area contributed by atoms with Gasteiger partial charge < -0.3 is 44.8 Å². The number of fused-ring (bicyclic) bond motifs is 1. The molecular weight excluding hydrogens is 412 g/mol. The molecule has 7 atom stereocenters. The van der Waals surface area contributed by atoms with E-state index in [2.05, 4.69) is 0 Å². The monoisotopic (exact) mass is 434 g/mol. The maximum Gasteiger partial charge on any atom is 0.229 e. The summed E-state index contributed by atoms with van der Waals surface area (Å²) in [5.74, 6) is -1.38. The molecule has 2 aromatic carbocycles. The molecule has 2 aliphatic heterocycles. The summed E-state index contributed by atoms with van der Waals surface area (Å²) in [7, 11) is 0. The van der Waals surface area contributed by atoms with E-state index in [0.717, 1.165) is 6.07 Å². The molecule has 0 aliphatic carbocycles. The van der Waals surface area contributed by atoms with Crippen LogP contribution in [0.15, 0.2) is 42.5 Å². The molecule has 0 aromatic heterocycles. The fourth-order valence-corrected chi connectivity index (χ4v) is 3.66. The van der Waals surface area contributed by atoms with Crippen molar-refractivity contribution >= 4 is 5.78 Å². The molecule has 0 saturated carbocycles. The molecular formula is C21H22O10. The number of aromatic hydroxyl groups is 1. The molecule has 2 aromatic rings. The van der Waals surface area contributed by atoms with Crippen LogP contribution in [-0.4, -0.2) is 79.8 Å². The van der Waals surface area contributed by atoms with Crippen LogP contribution in [0.2, 0.25) is 0 Å². The second-order valence-electron chi connectivity index (χ2n) is 7.39. The normalized spacial score (nSPS) is 32.8. The Hall–Kier alpha value is -2.73. The summed E-state index contributed by atoms with van der Waals surface area (Å²) in [4.78, 5) is 12.7. The van der Waals surface area contributed by atoms with Crippen LogP contribution in [0.5, 0.6) is 17.2 Å². The lowest BCUT2D eigenvalue weighted by atomic mass is 9.93. The molecule has 2 aliphatic rings. The van der Waals surface area contributed by atoms with E-state index < -0.39 is 61.1 Å². The highest BCUT2D eigenvalue weighted by Crippen LogP contribution is 2.42. The summed E-state index contributed by atoms with van der Waals surface area (Å²) in [6.07, 6.45) is -10.0. The van der Waals surface area contributed by atoms with Gasteiger partial charge in [-0.15, -0.1) is 0 Å². The minimum Gasteiger partial charge on any atom is -0.507 e. The van der Waals surface area contributed by atoms with Crippen molar-refractivity contribution in [3.8, 4) is 17.2 Å². The lowest BCUT2D eigenvalue weighted by Crippen LogP contribution is -2.60. The van der Waals surface area contributed by atoms with Crippen molar-refractivity contribution < 1.29 is 49.6 Å². The van der Waals surface area contributed by atoms with E-state index in [0.29, 0.717) is 5.56 Å². The maximum absolute atomic E-state index is 12.7. The van der Waals surface area contributed by atoms with Crippen LogP contribution < -0.4 is 9.47 Å². The number of ether oxygens (including phenoxy) is 3. The SMILES string of the molecule is O=C1c2c(O)cc(O[C@@H]3O[C@H](CO)[C@@H](O)[C@H](O)[C@H]3O)cc2O[C@H](c2ccccc2)[C@H]1O. The molecule has 2 heterocycles. The highest BCUT2D eigenvalue weighted by molar-refractivity contribution is 6.05. The van der Waals surface area contributed by atoms with E-state index in [1.54, 1.807) is 30.3 Å². The van der Waals surface area contributed by atoms with Gasteiger partial charge in [-0.05, 0) is 5.56 Å². The summed E-state index contributed by atoms with van der Waals surface area (Å²) >= 11 is 0. The van der Waals surface area contributed by atoms with Crippen molar-refractivity contribution in [3.05, 3.63) is 53.6 Å². The third-order valence-corrected chi connectivity index (χ3v) is 5.34. The van der Waals surface area contributed by atoms with Gasteiger partial charge in [0.2, 0.25) is 12.1 Å². The van der Waals surface area contributed by atoms with Crippen molar-refractivity contribution in [2.45, 2.75) is 42.9 Å². The average molecular weight is 434 g/mol. The number of benzene rings is 2. The number of aliphatic hydroxyl groups is 5. The fraction of sp³-hybridized carbons (Fsp3) is 0.381. The minimum absolute atomic E-state index is 0.0521. The topological polar surface area (TPSA) is 166 Å². The van der Waals surface area contributed by atoms with Gasteiger partial charge in [0, 0.05) is 12.1 Å². The van der Waals surface area contributed by atoms with Crippen LogP contribution in [0, 0.1) is 0 Å². The molecule has 1 fully saturated rings. The summed E-state index contributed by atoms with van der Waals surface area (Å²) < 4.78 is 16.6. The number of Topliss-reactive ketones (excluding diaryl/α,β-unsaturated/α-hetero) is 1. The Labute approximate surface area is 176 Å². The first-order valence-electron chi connectivity index (χ1n) is 9.60. The second-order valence-corrected chi connectivity index (χ2v) is 7.39. The van der Waals surface area contributed by atoms with Gasteiger partial charge >= 0.3 is 0 Å². The second kappa shape index (κ2) is 8.42. The Kier molecular flexibility index (Phi) is 5.84. The predicted molar refractivity (Wildman–Crippen MR) is 103 cm³/mol. The zero-order valence-electron chi connectivity index (χ0n) is 16.1. The zero-order chi connectivity index (χ0) is 22.3. The molecule has 0 amide bonds. The number of carbonyl (C=O) groups excluding carboxylic acids is 1. The standard InChI is InChI=1S/C21H22O10/c22-8-13-15(24)17(26)19(28)21(31-13)29-10-6-11(23)14-12(7-10)30-20(18(27)16(14)25)9-4-2-1-3-5-9/h1-7,13,15,17-24,26-28H,8H2/t13-,15-,17+,18+,19-,20-,21-/m1/s1. The highest BCUT2D eigenvalue weighted by atomic mass is 16.7. The number of ketones is 1. The Bertz CT molecular complexity index is 947. The lowest BCUT2D eigenvalue weighted by molar-refractivity contribution is -0.277. The summed E-state index contributed by atoms with van der Waals surface area (Å²) in [5.41, 5.74) is 0.328. The Morgan fingerprint density at radius 1 is 0.968 bits per heavy atom. The molecule has 31 heavy (non-hydrogen) atoms. The summed E-state index contributed by atoms with van der Waals surface area (Å²) in [6, 6.07) is 10.9. The van der Waals surface area contributed by atoms with Gasteiger partial charge in [-0.3, -0.25) is 4.79 Å². The molecule has 0 bridgehead atoms. The number of phenols is 1. The van der Waals surface area contributed by atoms with Crippen molar-refractivity contribution in [2.75, 3.05) is 6.61 Å². The van der Waals surface area contributed by atoms with E-state index in [1.165, 1.54) is 6.07 Å². The van der Waals surface area contributed by atoms with Crippen molar-refractivity contribution in [3.63, 3.8) is 0 Å². The molecule has 166 valence electrons. The van der Waals surface area contributed by atoms with Gasteiger partial charge in [0.1, 0.15) is 47.2 Å². The van der Waals surface area contributed by atoms with Crippen LogP contribution in [0.1, 0.15) is 22.0 Å². The van der Waals surface area contributed by atoms with Crippen LogP contribution in [0.3, 0.4) is 0 Å². The Morgan fingerprint density at radius 3 is 2.35 bits per heavy atom. The van der Waals surface area contributed by atoms with E-state index in [4.69, 9.17) is 14.2 Å². The number of phenolic OH excluding ortho intramolecular Hbond substituents is 1. The fourth-order valence-electron chi connectivity index (χ4n) is 3.66. The molecule has 0 radical (unpaired) electrons. The first kappa shape index (κ1) is 21.5. The van der Waals surface area contributed by atoms with E-state index in [9.17, 15) is 35.4 Å². The van der Waals surface area contributed by atoms with Crippen LogP contribution in [0.25, 0.3) is 0 Å². The number of rotatable bonds is 4.